The summed E-state index contributed by atoms with van der Waals surface area (Å²) in [4.78, 5) is 125. The van der Waals surface area contributed by atoms with Gasteiger partial charge in [0.1, 0.15) is 137 Å². The number of aliphatic hydroxyl groups is 8. The number of likely N-dealkylation sites (N-methyl/N-ethyl adjacent to an activating group) is 1. The molecule has 8 heterocycles. The summed E-state index contributed by atoms with van der Waals surface area (Å²) in [5, 5.41) is 165. The molecule has 15 rings (SSSR count). The normalized spacial score (nSPS) is 25.8. The topological polar surface area (TPSA) is 590 Å². The molecule has 8 aliphatic rings. The lowest BCUT2D eigenvalue weighted by molar-refractivity contribution is -0.277. The molecule has 38 nitrogen and oxygen atoms in total. The zero-order valence-corrected chi connectivity index (χ0v) is 71.1. The number of carbonyl (C=O) groups excluding carboxylic acids is 8. The number of nitrogens with one attached hydrogen (secondary N) is 10. The van der Waals surface area contributed by atoms with Crippen molar-refractivity contribution in [2.24, 2.45) is 11.7 Å². The molecule has 2 saturated heterocycles. The molecule has 24 N–H and O–H groups in total. The molecule has 0 spiro atoms. The number of aliphatic hydroxyl groups excluding tert-OH is 8. The third kappa shape index (κ3) is 21.4. The van der Waals surface area contributed by atoms with Gasteiger partial charge in [0.2, 0.25) is 65.6 Å². The molecule has 7 aromatic rings. The summed E-state index contributed by atoms with van der Waals surface area (Å²) in [6, 6.07) is 6.48. The van der Waals surface area contributed by atoms with E-state index in [1.165, 1.54) is 61.6 Å². The van der Waals surface area contributed by atoms with Crippen molar-refractivity contribution in [1.82, 2.24) is 53.2 Å². The van der Waals surface area contributed by atoms with Crippen molar-refractivity contribution in [3.8, 4) is 80.1 Å². The molecule has 18 atom stereocenters. The van der Waals surface area contributed by atoms with Gasteiger partial charge in [-0.3, -0.25) is 38.4 Å². The summed E-state index contributed by atoms with van der Waals surface area (Å²) in [6.45, 7) is 3.45. The lowest BCUT2D eigenvalue weighted by Gasteiger charge is -2.42. The number of phenols is 4. The van der Waals surface area contributed by atoms with Crippen LogP contribution in [0.25, 0.3) is 11.1 Å². The summed E-state index contributed by atoms with van der Waals surface area (Å²) in [5.74, 6) is -15.0. The van der Waals surface area contributed by atoms with Gasteiger partial charge in [-0.25, -0.2) is 0 Å². The Morgan fingerprint density at radius 1 is 0.539 bits per heavy atom. The SMILES string of the molecule is CN[C@@H]1C(=O)N[C@@H]2Cc3ccc(cc3)Oc3cc4cc(c3O[C@@H]3O[C@H](CO)[C@@H](O)[C@H](O)[C@H]3NC(=O)CCCCCCCC(C)C)Oc3ccc(cc3Cl)[C@@H](O)[C@@H]3NC(=O)[C@H](NC(=O)[C@@H]4NC(=O)[C@@H](NC2=O)c2cc(cc(O)c2Cl)Oc2cc1ccc2O)c1ccc(O)c(c1)-c1c(O[C@H]2O[C@H](CO)[C@@H](O)[C@H](O)[C@@H]2O)cc(O)cc1[C@H](C(=O)NCCCNCCCN)NC3=O. The van der Waals surface area contributed by atoms with E-state index in [9.17, 15) is 70.9 Å². The molecule has 0 unspecified atom stereocenters. The highest BCUT2D eigenvalue weighted by molar-refractivity contribution is 6.33. The minimum atomic E-state index is -2.41. The first-order valence-electron chi connectivity index (χ1n) is 41.9. The Hall–Kier alpha value is -11.4. The number of hydrogen-bond acceptors (Lipinski definition) is 30. The fourth-order valence-electron chi connectivity index (χ4n) is 15.9. The number of aromatic hydroxyl groups is 4. The Morgan fingerprint density at radius 2 is 1.17 bits per heavy atom. The Labute approximate surface area is 743 Å². The maximum atomic E-state index is 16.8. The zero-order valence-electron chi connectivity index (χ0n) is 69.6. The van der Waals surface area contributed by atoms with Gasteiger partial charge in [-0.2, -0.15) is 0 Å². The van der Waals surface area contributed by atoms with Crippen molar-refractivity contribution in [2.75, 3.05) is 46.4 Å². The lowest BCUT2D eigenvalue weighted by Crippen LogP contribution is -2.65. The second-order valence-corrected chi connectivity index (χ2v) is 33.2. The number of carbonyl (C=O) groups is 8. The van der Waals surface area contributed by atoms with Crippen LogP contribution in [0, 0.1) is 5.92 Å². The fraction of sp³-hybridized carbons (Fsp3) is 0.432. The van der Waals surface area contributed by atoms with Crippen LogP contribution >= 0.6 is 23.2 Å². The molecule has 7 aromatic carbocycles. The number of rotatable bonds is 24. The second-order valence-electron chi connectivity index (χ2n) is 32.4. The monoisotopic (exact) mass is 1820 g/mol. The molecule has 0 radical (unpaired) electrons. The summed E-state index contributed by atoms with van der Waals surface area (Å²) >= 11 is 14.3. The van der Waals surface area contributed by atoms with Gasteiger partial charge in [0.05, 0.1) is 23.3 Å². The van der Waals surface area contributed by atoms with Crippen molar-refractivity contribution in [3.05, 3.63) is 164 Å². The number of phenolic OH excluding ortho intramolecular Hbond substituents is 4. The Morgan fingerprint density at radius 3 is 1.88 bits per heavy atom. The lowest BCUT2D eigenvalue weighted by atomic mass is 9.89. The zero-order chi connectivity index (χ0) is 91.6. The van der Waals surface area contributed by atoms with Crippen LogP contribution in [0.4, 0.5) is 0 Å². The number of hydrogen-bond donors (Lipinski definition) is 23. The van der Waals surface area contributed by atoms with Gasteiger partial charge in [0, 0.05) is 48.2 Å². The molecular formula is C88H103Cl2N11O27. The number of nitrogens with two attached hydrogens (primary N) is 1. The molecular weight excluding hydrogens is 1710 g/mol. The number of benzene rings is 7. The maximum absolute atomic E-state index is 16.8. The molecule has 0 aromatic heterocycles. The van der Waals surface area contributed by atoms with E-state index in [0.717, 1.165) is 86.3 Å². The number of amides is 8. The summed E-state index contributed by atoms with van der Waals surface area (Å²) < 4.78 is 44.9. The quantitative estimate of drug-likeness (QED) is 0.0387. The highest BCUT2D eigenvalue weighted by Gasteiger charge is 2.50. The third-order valence-corrected chi connectivity index (χ3v) is 23.5. The van der Waals surface area contributed by atoms with Gasteiger partial charge in [0.25, 0.3) is 0 Å². The van der Waals surface area contributed by atoms with E-state index < -0.39 is 260 Å². The average Bonchev–Trinajstić information content (AvgIpc) is 0.755. The fourth-order valence-corrected chi connectivity index (χ4v) is 16.4. The second kappa shape index (κ2) is 41.8. The van der Waals surface area contributed by atoms with Gasteiger partial charge < -0.3 is 153 Å². The van der Waals surface area contributed by atoms with E-state index in [-0.39, 0.29) is 59.9 Å². The minimum absolute atomic E-state index is 0.0802. The van der Waals surface area contributed by atoms with Crippen LogP contribution in [0.1, 0.15) is 147 Å². The van der Waals surface area contributed by atoms with Crippen molar-refractivity contribution < 1.29 is 133 Å². The van der Waals surface area contributed by atoms with Crippen LogP contribution < -0.4 is 82.6 Å². The van der Waals surface area contributed by atoms with Crippen molar-refractivity contribution in [3.63, 3.8) is 0 Å². The van der Waals surface area contributed by atoms with Gasteiger partial charge >= 0.3 is 0 Å². The Kier molecular flexibility index (Phi) is 30.7. The average molecular weight is 1820 g/mol. The molecule has 2 fully saturated rings. The Bertz CT molecular complexity index is 5250. The predicted molar refractivity (Wildman–Crippen MR) is 455 cm³/mol. The molecule has 686 valence electrons. The van der Waals surface area contributed by atoms with E-state index in [1.807, 2.05) is 0 Å². The van der Waals surface area contributed by atoms with Crippen LogP contribution in [0.3, 0.4) is 0 Å². The van der Waals surface area contributed by atoms with Gasteiger partial charge in [-0.15, -0.1) is 0 Å². The number of unbranched alkanes of at least 4 members (excludes halogenated alkanes) is 4. The molecule has 8 aliphatic heterocycles. The van der Waals surface area contributed by atoms with Crippen LogP contribution in [0.15, 0.2) is 115 Å². The minimum Gasteiger partial charge on any atom is -0.508 e. The first kappa shape index (κ1) is 94.2. The standard InChI is InChI=1S/C88H103Cl2N11O27/c1-39(2)11-7-5-4-6-8-12-63(108)96-72-76(112)74(110)61(37-102)126-87(72)128-79-59-31-44-32-60(79)124-56-22-17-43(29-51(56)89)73(109)71-86(121)100-69(81(116)94-26-10-25-93-24-9-23-91)49-33-45(104)34-58(125-88-78(114)77(113)75(111)62(38-103)127-88)64(49)48-28-41(15-20-53(48)105)67(83(118)101-71)97-84(119)68(44)98-85(120)70-50-35-47(36-55(107)65(50)90)123-57-30-42(16-21-54(57)106)66(92-3)82(117)95-52(80(115)99-70)27-40-13-18-46(122-59)19-14-40/h13-22,28-36,39,52,61-62,66-78,87-88,92-93,102-107,109-114H,4-12,23-27,37-38,91H2,1-3H3,(H,94,116)(H,95,117)(H,96,108)(H,97,119)(H,98,120)(H,99,115)(H,100,121)(H,101,118)/t52-,61-,62-,66+,67-,68-,69-,70+,71+,72-,73-,74-,75-,76-,77+,78+,87+,88+/m1/s1. The molecule has 8 amide bonds. The molecule has 0 saturated carbocycles. The van der Waals surface area contributed by atoms with Gasteiger partial charge in [-0.1, -0.05) is 99.5 Å². The highest BCUT2D eigenvalue weighted by Crippen LogP contribution is 2.51. The van der Waals surface area contributed by atoms with Crippen LogP contribution in [-0.2, 0) is 54.3 Å². The van der Waals surface area contributed by atoms with Crippen molar-refractivity contribution in [2.45, 2.75) is 188 Å². The van der Waals surface area contributed by atoms with Crippen molar-refractivity contribution >= 4 is 70.5 Å². The number of fused-ring (bicyclic) bond motifs is 14. The van der Waals surface area contributed by atoms with Crippen LogP contribution in [0.5, 0.6) is 69.0 Å². The largest absolute Gasteiger partial charge is 0.508 e. The predicted octanol–water partition coefficient (Wildman–Crippen LogP) is 3.06. The van der Waals surface area contributed by atoms with Crippen LogP contribution in [0.2, 0.25) is 10.0 Å². The van der Waals surface area contributed by atoms with Gasteiger partial charge in [-0.05, 0) is 158 Å². The first-order chi connectivity index (χ1) is 61.3. The number of halogens is 2. The highest BCUT2D eigenvalue weighted by atomic mass is 35.5. The van der Waals surface area contributed by atoms with Crippen molar-refractivity contribution in [1.29, 1.82) is 0 Å². The molecule has 40 heteroatoms. The van der Waals surface area contributed by atoms with E-state index in [0.29, 0.717) is 50.4 Å². The molecule has 128 heavy (non-hydrogen) atoms. The third-order valence-electron chi connectivity index (χ3n) is 22.8. The summed E-state index contributed by atoms with van der Waals surface area (Å²) in [5.41, 5.74) is 3.21. The first-order valence-corrected chi connectivity index (χ1v) is 42.7. The van der Waals surface area contributed by atoms with E-state index >= 15 is 28.8 Å². The van der Waals surface area contributed by atoms with Crippen LogP contribution in [-0.4, -0.2) is 228 Å². The Balaban J connectivity index is 1.04. The van der Waals surface area contributed by atoms with E-state index in [1.54, 1.807) is 0 Å². The van der Waals surface area contributed by atoms with Gasteiger partial charge in [0.15, 0.2) is 23.0 Å². The van der Waals surface area contributed by atoms with E-state index in [4.69, 9.17) is 62.1 Å². The maximum Gasteiger partial charge on any atom is 0.248 e. The smallest absolute Gasteiger partial charge is 0.248 e. The summed E-state index contributed by atoms with van der Waals surface area (Å²) in [7, 11) is 1.44. The molecule has 17 bridgehead atoms. The summed E-state index contributed by atoms with van der Waals surface area (Å²) in [6.07, 6.45) is -14.5. The van der Waals surface area contributed by atoms with E-state index in [2.05, 4.69) is 67.0 Å². The number of ether oxygens (including phenoxy) is 7. The molecule has 0 aliphatic carbocycles.